The lowest BCUT2D eigenvalue weighted by molar-refractivity contribution is -0.113. The molecular weight excluding hydrogens is 374 g/mol. The van der Waals surface area contributed by atoms with Crippen LogP contribution in [0, 0.1) is 11.3 Å². The molecule has 3 rings (SSSR count). The van der Waals surface area contributed by atoms with E-state index < -0.39 is 0 Å². The van der Waals surface area contributed by atoms with E-state index in [1.807, 2.05) is 12.1 Å². The number of nitrogens with zero attached hydrogens (tertiary/aromatic N) is 1. The third-order valence-corrected chi connectivity index (χ3v) is 5.45. The first-order chi connectivity index (χ1) is 14.4. The molecule has 0 radical (unpaired) electrons. The molecular formula is C26H27NO3. The van der Waals surface area contributed by atoms with Crippen molar-refractivity contribution < 1.29 is 14.3 Å². The van der Waals surface area contributed by atoms with E-state index in [9.17, 15) is 10.1 Å². The third kappa shape index (κ3) is 4.46. The number of ketones is 1. The van der Waals surface area contributed by atoms with Gasteiger partial charge >= 0.3 is 0 Å². The fourth-order valence-electron chi connectivity index (χ4n) is 3.84. The van der Waals surface area contributed by atoms with Gasteiger partial charge in [-0.15, -0.1) is 0 Å². The van der Waals surface area contributed by atoms with Crippen LogP contribution in [0.5, 0.6) is 5.75 Å². The Labute approximate surface area is 178 Å². The highest BCUT2D eigenvalue weighted by atomic mass is 16.5. The van der Waals surface area contributed by atoms with Gasteiger partial charge in [-0.25, -0.2) is 0 Å². The number of rotatable bonds is 5. The molecule has 4 nitrogen and oxygen atoms in total. The second-order valence-electron chi connectivity index (χ2n) is 7.65. The van der Waals surface area contributed by atoms with Crippen molar-refractivity contribution in [2.24, 2.45) is 0 Å². The summed E-state index contributed by atoms with van der Waals surface area (Å²) in [5.41, 5.74) is 4.14. The fraction of sp³-hybridized carbons (Fsp3) is 0.308. The quantitative estimate of drug-likeness (QED) is 0.417. The third-order valence-electron chi connectivity index (χ3n) is 5.45. The van der Waals surface area contributed by atoms with Crippen LogP contribution in [0.2, 0.25) is 0 Å². The Morgan fingerprint density at radius 1 is 1.13 bits per heavy atom. The molecule has 1 aromatic rings. The van der Waals surface area contributed by atoms with E-state index in [-0.39, 0.29) is 11.4 Å². The van der Waals surface area contributed by atoms with Crippen LogP contribution in [0.25, 0.3) is 5.57 Å². The zero-order valence-electron chi connectivity index (χ0n) is 18.2. The van der Waals surface area contributed by atoms with Crippen LogP contribution in [0.4, 0.5) is 0 Å². The Kier molecular flexibility index (Phi) is 6.42. The van der Waals surface area contributed by atoms with E-state index >= 15 is 0 Å². The minimum Gasteiger partial charge on any atom is -0.462 e. The molecule has 0 aromatic heterocycles. The van der Waals surface area contributed by atoms with E-state index in [0.29, 0.717) is 28.8 Å². The second kappa shape index (κ2) is 9.00. The zero-order chi connectivity index (χ0) is 21.8. The normalized spacial score (nSPS) is 18.4. The lowest BCUT2D eigenvalue weighted by Crippen LogP contribution is -2.06. The lowest BCUT2D eigenvalue weighted by Gasteiger charge is -2.22. The van der Waals surface area contributed by atoms with Crippen molar-refractivity contribution >= 4 is 11.4 Å². The van der Waals surface area contributed by atoms with Crippen LogP contribution in [-0.4, -0.2) is 5.78 Å². The number of carbonyl (C=O) groups excluding carboxylic acids is 1. The number of nitriles is 1. The van der Waals surface area contributed by atoms with Gasteiger partial charge in [0.15, 0.2) is 5.78 Å². The van der Waals surface area contributed by atoms with Gasteiger partial charge in [0.05, 0.1) is 0 Å². The molecule has 0 aliphatic carbocycles. The number of benzene rings is 1. The first-order valence-electron chi connectivity index (χ1n) is 10.3. The van der Waals surface area contributed by atoms with Gasteiger partial charge in [0.25, 0.3) is 0 Å². The van der Waals surface area contributed by atoms with Crippen molar-refractivity contribution in [2.75, 3.05) is 0 Å². The molecule has 154 valence electrons. The molecule has 0 fully saturated rings. The largest absolute Gasteiger partial charge is 0.462 e. The standard InChI is InChI=1S/C26H27NO3/c1-6-19(7-2)20-8-9-24-16(3)10-22(30-26(24)13-20)14-23-12-21(11-17(4)29-23)25(15-27)18(5)28/h8-14,19H,6-7H2,1-5H3/b22-14+,25-21-. The lowest BCUT2D eigenvalue weighted by atomic mass is 9.91. The maximum atomic E-state index is 11.8. The molecule has 4 heteroatoms. The van der Waals surface area contributed by atoms with Gasteiger partial charge in [-0.3, -0.25) is 4.79 Å². The van der Waals surface area contributed by atoms with Gasteiger partial charge in [-0.2, -0.15) is 5.26 Å². The molecule has 0 N–H and O–H groups in total. The molecule has 0 atom stereocenters. The van der Waals surface area contributed by atoms with E-state index in [1.54, 1.807) is 25.2 Å². The summed E-state index contributed by atoms with van der Waals surface area (Å²) >= 11 is 0. The number of allylic oxidation sites excluding steroid dienone is 8. The Morgan fingerprint density at radius 3 is 2.50 bits per heavy atom. The first kappa shape index (κ1) is 21.4. The predicted octanol–water partition coefficient (Wildman–Crippen LogP) is 6.50. The van der Waals surface area contributed by atoms with Crippen molar-refractivity contribution in [3.8, 4) is 11.8 Å². The van der Waals surface area contributed by atoms with Gasteiger partial charge in [-0.05, 0) is 75.0 Å². The van der Waals surface area contributed by atoms with Crippen LogP contribution < -0.4 is 4.74 Å². The summed E-state index contributed by atoms with van der Waals surface area (Å²) in [6, 6.07) is 8.43. The fourth-order valence-corrected chi connectivity index (χ4v) is 3.84. The summed E-state index contributed by atoms with van der Waals surface area (Å²) in [4.78, 5) is 11.8. The summed E-state index contributed by atoms with van der Waals surface area (Å²) < 4.78 is 12.0. The average Bonchev–Trinajstić information content (AvgIpc) is 2.68. The number of Topliss-reactive ketones (excluding diaryl/α,β-unsaturated/α-hetero) is 1. The smallest absolute Gasteiger partial charge is 0.170 e. The summed E-state index contributed by atoms with van der Waals surface area (Å²) in [5, 5.41) is 9.32. The van der Waals surface area contributed by atoms with Crippen LogP contribution in [0.1, 0.15) is 64.5 Å². The van der Waals surface area contributed by atoms with Crippen LogP contribution in [0.3, 0.4) is 0 Å². The van der Waals surface area contributed by atoms with E-state index in [2.05, 4.69) is 39.0 Å². The predicted molar refractivity (Wildman–Crippen MR) is 118 cm³/mol. The van der Waals surface area contributed by atoms with Gasteiger partial charge in [0.1, 0.15) is 34.7 Å². The molecule has 0 bridgehead atoms. The van der Waals surface area contributed by atoms with Crippen molar-refractivity contribution in [1.29, 1.82) is 5.26 Å². The summed E-state index contributed by atoms with van der Waals surface area (Å²) in [6.45, 7) is 9.65. The Bertz CT molecular complexity index is 1070. The highest BCUT2D eigenvalue weighted by molar-refractivity contribution is 5.99. The molecule has 1 aromatic carbocycles. The number of hydrogen-bond acceptors (Lipinski definition) is 4. The SMILES string of the molecule is CCC(CC)c1ccc2c(c1)O/C(=C/C1=CC(=C(/C#N)C(C)=O)/C=C(C)O1)C=C2C. The molecule has 0 saturated heterocycles. The van der Waals surface area contributed by atoms with Gasteiger partial charge < -0.3 is 9.47 Å². The van der Waals surface area contributed by atoms with Crippen LogP contribution >= 0.6 is 0 Å². The highest BCUT2D eigenvalue weighted by Crippen LogP contribution is 2.37. The van der Waals surface area contributed by atoms with Crippen molar-refractivity contribution in [3.63, 3.8) is 0 Å². The van der Waals surface area contributed by atoms with Crippen molar-refractivity contribution in [2.45, 2.75) is 53.4 Å². The number of carbonyl (C=O) groups is 1. The first-order valence-corrected chi connectivity index (χ1v) is 10.3. The number of fused-ring (bicyclic) bond motifs is 1. The van der Waals surface area contributed by atoms with Crippen molar-refractivity contribution in [1.82, 2.24) is 0 Å². The highest BCUT2D eigenvalue weighted by Gasteiger charge is 2.19. The zero-order valence-corrected chi connectivity index (χ0v) is 18.2. The maximum absolute atomic E-state index is 11.8. The van der Waals surface area contributed by atoms with Gasteiger partial charge in [0, 0.05) is 17.2 Å². The average molecular weight is 402 g/mol. The molecule has 0 unspecified atom stereocenters. The molecule has 2 aliphatic heterocycles. The van der Waals surface area contributed by atoms with E-state index in [0.717, 1.165) is 29.7 Å². The molecule has 0 amide bonds. The maximum Gasteiger partial charge on any atom is 0.170 e. The second-order valence-corrected chi connectivity index (χ2v) is 7.65. The van der Waals surface area contributed by atoms with Crippen LogP contribution in [0.15, 0.2) is 70.9 Å². The van der Waals surface area contributed by atoms with Gasteiger partial charge in [0.2, 0.25) is 0 Å². The van der Waals surface area contributed by atoms with Crippen LogP contribution in [-0.2, 0) is 9.53 Å². The van der Waals surface area contributed by atoms with Crippen molar-refractivity contribution in [3.05, 3.63) is 82.1 Å². The molecule has 0 spiro atoms. The minimum absolute atomic E-state index is 0.116. The van der Waals surface area contributed by atoms with E-state index in [1.165, 1.54) is 12.5 Å². The topological polar surface area (TPSA) is 59.3 Å². The summed E-state index contributed by atoms with van der Waals surface area (Å²) in [7, 11) is 0. The Morgan fingerprint density at radius 2 is 1.87 bits per heavy atom. The Balaban J connectivity index is 1.98. The molecule has 2 aliphatic rings. The number of hydrogen-bond donors (Lipinski definition) is 0. The summed E-state index contributed by atoms with van der Waals surface area (Å²) in [5.74, 6) is 2.88. The number of ether oxygens (including phenoxy) is 2. The van der Waals surface area contributed by atoms with E-state index in [4.69, 9.17) is 9.47 Å². The monoisotopic (exact) mass is 401 g/mol. The Hall–Kier alpha value is -3.32. The minimum atomic E-state index is -0.269. The van der Waals surface area contributed by atoms with Gasteiger partial charge in [-0.1, -0.05) is 26.0 Å². The molecule has 0 saturated carbocycles. The summed E-state index contributed by atoms with van der Waals surface area (Å²) in [6.07, 6.45) is 9.33. The molecule has 2 heterocycles. The molecule has 30 heavy (non-hydrogen) atoms.